The van der Waals surface area contributed by atoms with E-state index < -0.39 is 5.97 Å². The van der Waals surface area contributed by atoms with E-state index in [0.29, 0.717) is 22.5 Å². The predicted octanol–water partition coefficient (Wildman–Crippen LogP) is 2.67. The van der Waals surface area contributed by atoms with E-state index in [9.17, 15) is 9.59 Å². The third kappa shape index (κ3) is 2.96. The molecule has 0 aliphatic heterocycles. The van der Waals surface area contributed by atoms with E-state index in [1.165, 1.54) is 13.4 Å². The second-order valence-corrected chi connectivity index (χ2v) is 5.05. The van der Waals surface area contributed by atoms with Gasteiger partial charge in [0.25, 0.3) is 0 Å². The average Bonchev–Trinajstić information content (AvgIpc) is 3.17. The molecule has 0 aliphatic rings. The number of hydrogen-bond donors (Lipinski definition) is 1. The van der Waals surface area contributed by atoms with Gasteiger partial charge in [0.15, 0.2) is 5.58 Å². The zero-order valence-electron chi connectivity index (χ0n) is 13.2. The highest BCUT2D eigenvalue weighted by Crippen LogP contribution is 2.22. The first-order chi connectivity index (χ1) is 11.6. The number of hydrogen-bond acceptors (Lipinski definition) is 5. The standard InChI is InChI=1S/C17H16N2O5/c1-22-12-5-3-11(4-6-12)18-16(20)10-19-13-7-8-24-15(13)9-14(19)17(21)23-2/h3-9H,10H2,1-2H3,(H,18,20). The molecule has 0 radical (unpaired) electrons. The van der Waals surface area contributed by atoms with Gasteiger partial charge in [0, 0.05) is 17.8 Å². The van der Waals surface area contributed by atoms with Crippen molar-refractivity contribution in [3.63, 3.8) is 0 Å². The highest BCUT2D eigenvalue weighted by atomic mass is 16.5. The van der Waals surface area contributed by atoms with Crippen molar-refractivity contribution in [2.75, 3.05) is 19.5 Å². The number of furan rings is 1. The Bertz CT molecular complexity index is 876. The van der Waals surface area contributed by atoms with Gasteiger partial charge in [0.1, 0.15) is 18.0 Å². The summed E-state index contributed by atoms with van der Waals surface area (Å²) in [6.07, 6.45) is 1.50. The fourth-order valence-corrected chi connectivity index (χ4v) is 2.44. The van der Waals surface area contributed by atoms with Crippen molar-refractivity contribution in [3.05, 3.63) is 48.4 Å². The number of amides is 1. The molecule has 0 fully saturated rings. The topological polar surface area (TPSA) is 82.7 Å². The van der Waals surface area contributed by atoms with Gasteiger partial charge in [0.05, 0.1) is 26.0 Å². The lowest BCUT2D eigenvalue weighted by molar-refractivity contribution is -0.116. The van der Waals surface area contributed by atoms with Crippen molar-refractivity contribution >= 4 is 28.7 Å². The molecule has 1 N–H and O–H groups in total. The van der Waals surface area contributed by atoms with Crippen molar-refractivity contribution in [1.82, 2.24) is 4.57 Å². The number of carbonyl (C=O) groups is 2. The van der Waals surface area contributed by atoms with Gasteiger partial charge in [-0.1, -0.05) is 0 Å². The summed E-state index contributed by atoms with van der Waals surface area (Å²) >= 11 is 0. The Balaban J connectivity index is 1.81. The molecule has 24 heavy (non-hydrogen) atoms. The SMILES string of the molecule is COC(=O)c1cc2occc2n1CC(=O)Nc1ccc(OC)cc1. The number of methoxy groups -OCH3 is 2. The summed E-state index contributed by atoms with van der Waals surface area (Å²) < 4.78 is 16.7. The minimum atomic E-state index is -0.529. The fraction of sp³-hybridized carbons (Fsp3) is 0.176. The van der Waals surface area contributed by atoms with E-state index in [1.54, 1.807) is 48.1 Å². The summed E-state index contributed by atoms with van der Waals surface area (Å²) in [7, 11) is 2.86. The van der Waals surface area contributed by atoms with Crippen molar-refractivity contribution in [2.45, 2.75) is 6.54 Å². The highest BCUT2D eigenvalue weighted by Gasteiger charge is 2.19. The summed E-state index contributed by atoms with van der Waals surface area (Å²) in [6, 6.07) is 10.2. The molecule has 3 rings (SSSR count). The van der Waals surface area contributed by atoms with Gasteiger partial charge < -0.3 is 23.8 Å². The zero-order valence-corrected chi connectivity index (χ0v) is 13.2. The third-order valence-corrected chi connectivity index (χ3v) is 3.59. The molecular weight excluding hydrogens is 312 g/mol. The second kappa shape index (κ2) is 6.49. The Morgan fingerprint density at radius 3 is 2.58 bits per heavy atom. The van der Waals surface area contributed by atoms with Crippen molar-refractivity contribution < 1.29 is 23.5 Å². The number of nitrogens with one attached hydrogen (secondary N) is 1. The van der Waals surface area contributed by atoms with Crippen LogP contribution in [0.1, 0.15) is 10.5 Å². The molecule has 0 saturated carbocycles. The predicted molar refractivity (Wildman–Crippen MR) is 87.2 cm³/mol. The molecule has 2 aromatic heterocycles. The molecular formula is C17H16N2O5. The molecule has 0 spiro atoms. The largest absolute Gasteiger partial charge is 0.497 e. The first kappa shape index (κ1) is 15.7. The van der Waals surface area contributed by atoms with Crippen LogP contribution in [0.5, 0.6) is 5.75 Å². The summed E-state index contributed by atoms with van der Waals surface area (Å²) in [6.45, 7) is -0.0422. The number of aromatic nitrogens is 1. The number of rotatable bonds is 5. The molecule has 124 valence electrons. The molecule has 3 aromatic rings. The number of benzene rings is 1. The van der Waals surface area contributed by atoms with Crippen LogP contribution in [0.4, 0.5) is 5.69 Å². The monoisotopic (exact) mass is 328 g/mol. The first-order valence-electron chi connectivity index (χ1n) is 7.21. The second-order valence-electron chi connectivity index (χ2n) is 5.05. The van der Waals surface area contributed by atoms with E-state index in [0.717, 1.165) is 0 Å². The maximum Gasteiger partial charge on any atom is 0.354 e. The average molecular weight is 328 g/mol. The van der Waals surface area contributed by atoms with Gasteiger partial charge in [-0.3, -0.25) is 4.79 Å². The Hall–Kier alpha value is -3.22. The summed E-state index contributed by atoms with van der Waals surface area (Å²) in [4.78, 5) is 24.2. The fourth-order valence-electron chi connectivity index (χ4n) is 2.44. The number of nitrogens with zero attached hydrogens (tertiary/aromatic N) is 1. The van der Waals surface area contributed by atoms with Crippen molar-refractivity contribution in [2.24, 2.45) is 0 Å². The van der Waals surface area contributed by atoms with Crippen LogP contribution < -0.4 is 10.1 Å². The van der Waals surface area contributed by atoms with Crippen molar-refractivity contribution in [3.8, 4) is 5.75 Å². The lowest BCUT2D eigenvalue weighted by atomic mass is 10.3. The molecule has 0 saturated heterocycles. The van der Waals surface area contributed by atoms with Crippen LogP contribution in [0, 0.1) is 0 Å². The molecule has 0 unspecified atom stereocenters. The van der Waals surface area contributed by atoms with Crippen LogP contribution in [0.2, 0.25) is 0 Å². The van der Waals surface area contributed by atoms with Crippen LogP contribution in [0.25, 0.3) is 11.1 Å². The summed E-state index contributed by atoms with van der Waals surface area (Å²) in [5.41, 5.74) is 2.07. The van der Waals surface area contributed by atoms with E-state index in [2.05, 4.69) is 5.32 Å². The number of esters is 1. The Morgan fingerprint density at radius 1 is 1.17 bits per heavy atom. The van der Waals surface area contributed by atoms with E-state index in [1.807, 2.05) is 0 Å². The van der Waals surface area contributed by atoms with Gasteiger partial charge in [-0.15, -0.1) is 0 Å². The molecule has 2 heterocycles. The maximum atomic E-state index is 12.3. The number of ether oxygens (including phenoxy) is 2. The number of anilines is 1. The Kier molecular flexibility index (Phi) is 4.24. The van der Waals surface area contributed by atoms with Crippen LogP contribution in [-0.2, 0) is 16.1 Å². The van der Waals surface area contributed by atoms with E-state index >= 15 is 0 Å². The molecule has 1 aromatic carbocycles. The lowest BCUT2D eigenvalue weighted by Crippen LogP contribution is -2.21. The van der Waals surface area contributed by atoms with Gasteiger partial charge in [-0.25, -0.2) is 4.79 Å². The van der Waals surface area contributed by atoms with Crippen LogP contribution >= 0.6 is 0 Å². The molecule has 0 bridgehead atoms. The van der Waals surface area contributed by atoms with Gasteiger partial charge in [0.2, 0.25) is 5.91 Å². The number of fused-ring (bicyclic) bond motifs is 1. The minimum absolute atomic E-state index is 0.0422. The molecule has 1 amide bonds. The van der Waals surface area contributed by atoms with Gasteiger partial charge in [-0.05, 0) is 24.3 Å². The third-order valence-electron chi connectivity index (χ3n) is 3.59. The van der Waals surface area contributed by atoms with Crippen molar-refractivity contribution in [1.29, 1.82) is 0 Å². The Morgan fingerprint density at radius 2 is 1.92 bits per heavy atom. The van der Waals surface area contributed by atoms with Crippen LogP contribution in [0.3, 0.4) is 0 Å². The maximum absolute atomic E-state index is 12.3. The van der Waals surface area contributed by atoms with Crippen LogP contribution in [0.15, 0.2) is 47.1 Å². The molecule has 7 heteroatoms. The summed E-state index contributed by atoms with van der Waals surface area (Å²) in [5, 5.41) is 2.77. The Labute approximate surface area is 137 Å². The quantitative estimate of drug-likeness (QED) is 0.728. The van der Waals surface area contributed by atoms with Gasteiger partial charge >= 0.3 is 5.97 Å². The zero-order chi connectivity index (χ0) is 17.1. The minimum Gasteiger partial charge on any atom is -0.497 e. The molecule has 7 nitrogen and oxygen atoms in total. The smallest absolute Gasteiger partial charge is 0.354 e. The normalized spacial score (nSPS) is 10.6. The summed E-state index contributed by atoms with van der Waals surface area (Å²) in [5.74, 6) is -0.103. The molecule has 0 atom stereocenters. The van der Waals surface area contributed by atoms with E-state index in [-0.39, 0.29) is 18.1 Å². The lowest BCUT2D eigenvalue weighted by Gasteiger charge is -2.10. The first-order valence-corrected chi connectivity index (χ1v) is 7.21. The molecule has 0 aliphatic carbocycles. The number of carbonyl (C=O) groups excluding carboxylic acids is 2. The van der Waals surface area contributed by atoms with E-state index in [4.69, 9.17) is 13.9 Å². The highest BCUT2D eigenvalue weighted by molar-refractivity contribution is 5.97. The van der Waals surface area contributed by atoms with Gasteiger partial charge in [-0.2, -0.15) is 0 Å². The van der Waals surface area contributed by atoms with Crippen LogP contribution in [-0.4, -0.2) is 30.7 Å².